The molecule has 4 nitrogen and oxygen atoms in total. The smallest absolute Gasteiger partial charge is 0.251 e. The van der Waals surface area contributed by atoms with Gasteiger partial charge in [0, 0.05) is 11.6 Å². The van der Waals surface area contributed by atoms with Crippen molar-refractivity contribution in [3.63, 3.8) is 0 Å². The van der Waals surface area contributed by atoms with E-state index in [1.165, 1.54) is 0 Å². The number of hydrogen-bond donors (Lipinski definition) is 1. The molecular formula is C14H20BrNO3. The van der Waals surface area contributed by atoms with Crippen LogP contribution < -0.4 is 14.8 Å². The van der Waals surface area contributed by atoms with Gasteiger partial charge in [0.25, 0.3) is 5.91 Å². The Morgan fingerprint density at radius 2 is 1.84 bits per heavy atom. The highest BCUT2D eigenvalue weighted by Crippen LogP contribution is 2.35. The first-order chi connectivity index (χ1) is 9.03. The molecule has 0 aromatic heterocycles. The van der Waals surface area contributed by atoms with Gasteiger partial charge in [-0.05, 0) is 41.4 Å². The van der Waals surface area contributed by atoms with Gasteiger partial charge in [0.05, 0.1) is 14.2 Å². The summed E-state index contributed by atoms with van der Waals surface area (Å²) in [4.78, 5) is 12.1. The fourth-order valence-corrected chi connectivity index (χ4v) is 2.37. The summed E-state index contributed by atoms with van der Waals surface area (Å²) in [5.41, 5.74) is 0.528. The van der Waals surface area contributed by atoms with Gasteiger partial charge in [-0.25, -0.2) is 0 Å². The molecule has 1 aromatic carbocycles. The predicted molar refractivity (Wildman–Crippen MR) is 79.1 cm³/mol. The number of amides is 1. The molecule has 0 aliphatic carbocycles. The van der Waals surface area contributed by atoms with Crippen molar-refractivity contribution >= 4 is 21.8 Å². The van der Waals surface area contributed by atoms with E-state index in [2.05, 4.69) is 28.2 Å². The largest absolute Gasteiger partial charge is 0.495 e. The van der Waals surface area contributed by atoms with Crippen molar-refractivity contribution in [1.82, 2.24) is 5.32 Å². The molecule has 0 saturated heterocycles. The van der Waals surface area contributed by atoms with Crippen LogP contribution in [0.2, 0.25) is 0 Å². The van der Waals surface area contributed by atoms with E-state index < -0.39 is 0 Å². The summed E-state index contributed by atoms with van der Waals surface area (Å²) in [6, 6.07) is 3.54. The average molecular weight is 330 g/mol. The summed E-state index contributed by atoms with van der Waals surface area (Å²) in [6.45, 7) is 4.09. The first kappa shape index (κ1) is 15.8. The highest BCUT2D eigenvalue weighted by atomic mass is 79.9. The molecule has 0 fully saturated rings. The topological polar surface area (TPSA) is 47.6 Å². The van der Waals surface area contributed by atoms with Crippen molar-refractivity contribution in [1.29, 1.82) is 0 Å². The molecule has 5 heteroatoms. The Bertz CT molecular complexity index is 423. The molecule has 0 unspecified atom stereocenters. The Kier molecular flexibility index (Phi) is 6.15. The van der Waals surface area contributed by atoms with Crippen LogP contribution in [-0.2, 0) is 0 Å². The summed E-state index contributed by atoms with van der Waals surface area (Å²) in [5.74, 6) is 1.03. The molecular weight excluding hydrogens is 310 g/mol. The van der Waals surface area contributed by atoms with Crippen molar-refractivity contribution in [2.75, 3.05) is 14.2 Å². The van der Waals surface area contributed by atoms with Gasteiger partial charge in [-0.1, -0.05) is 13.3 Å². The van der Waals surface area contributed by atoms with Gasteiger partial charge in [0.2, 0.25) is 0 Å². The number of halogens is 1. The minimum Gasteiger partial charge on any atom is -0.495 e. The van der Waals surface area contributed by atoms with Crippen LogP contribution in [0.5, 0.6) is 11.5 Å². The van der Waals surface area contributed by atoms with Crippen molar-refractivity contribution in [3.8, 4) is 11.5 Å². The number of ether oxygens (including phenoxy) is 2. The number of methoxy groups -OCH3 is 2. The van der Waals surface area contributed by atoms with Crippen molar-refractivity contribution in [3.05, 3.63) is 22.2 Å². The third-order valence-corrected chi connectivity index (χ3v) is 3.59. The summed E-state index contributed by atoms with van der Waals surface area (Å²) in [6.07, 6.45) is 1.99. The second-order valence-corrected chi connectivity index (χ2v) is 5.15. The zero-order valence-electron chi connectivity index (χ0n) is 11.7. The van der Waals surface area contributed by atoms with Gasteiger partial charge >= 0.3 is 0 Å². The Morgan fingerprint density at radius 3 is 2.26 bits per heavy atom. The van der Waals surface area contributed by atoms with Crippen LogP contribution in [0.25, 0.3) is 0 Å². The lowest BCUT2D eigenvalue weighted by Crippen LogP contribution is -2.32. The minimum absolute atomic E-state index is 0.120. The summed E-state index contributed by atoms with van der Waals surface area (Å²) in [5, 5.41) is 2.95. The Balaban J connectivity index is 2.97. The van der Waals surface area contributed by atoms with Gasteiger partial charge in [-0.15, -0.1) is 0 Å². The van der Waals surface area contributed by atoms with Gasteiger partial charge in [-0.2, -0.15) is 0 Å². The lowest BCUT2D eigenvalue weighted by molar-refractivity contribution is 0.0937. The number of carbonyl (C=O) groups excluding carboxylic acids is 1. The second-order valence-electron chi connectivity index (χ2n) is 4.36. The lowest BCUT2D eigenvalue weighted by atomic mass is 10.1. The van der Waals surface area contributed by atoms with E-state index >= 15 is 0 Å². The molecule has 1 rings (SSSR count). The molecule has 0 bridgehead atoms. The van der Waals surface area contributed by atoms with E-state index in [-0.39, 0.29) is 11.9 Å². The molecule has 0 heterocycles. The van der Waals surface area contributed by atoms with Crippen LogP contribution in [0.4, 0.5) is 0 Å². The predicted octanol–water partition coefficient (Wildman–Crippen LogP) is 3.38. The standard InChI is InChI=1S/C14H20BrNO3/c1-5-6-9(2)16-14(17)10-7-11(18-3)13(15)12(8-10)19-4/h7-9H,5-6H2,1-4H3,(H,16,17)/t9-/m1/s1. The molecule has 1 N–H and O–H groups in total. The number of nitrogens with one attached hydrogen (secondary N) is 1. The van der Waals surface area contributed by atoms with Crippen LogP contribution in [0.3, 0.4) is 0 Å². The first-order valence-corrected chi connectivity index (χ1v) is 7.05. The number of carbonyl (C=O) groups is 1. The van der Waals surface area contributed by atoms with Gasteiger partial charge in [0.15, 0.2) is 0 Å². The maximum Gasteiger partial charge on any atom is 0.251 e. The summed E-state index contributed by atoms with van der Waals surface area (Å²) >= 11 is 3.38. The first-order valence-electron chi connectivity index (χ1n) is 6.25. The van der Waals surface area contributed by atoms with Gasteiger partial charge in [0.1, 0.15) is 16.0 Å². The number of rotatable bonds is 6. The van der Waals surface area contributed by atoms with Crippen LogP contribution >= 0.6 is 15.9 Å². The molecule has 1 atom stereocenters. The molecule has 1 amide bonds. The zero-order valence-corrected chi connectivity index (χ0v) is 13.3. The highest BCUT2D eigenvalue weighted by Gasteiger charge is 2.15. The molecule has 19 heavy (non-hydrogen) atoms. The van der Waals surface area contributed by atoms with Crippen molar-refractivity contribution in [2.45, 2.75) is 32.7 Å². The normalized spacial score (nSPS) is 11.8. The fraction of sp³-hybridized carbons (Fsp3) is 0.500. The highest BCUT2D eigenvalue weighted by molar-refractivity contribution is 9.10. The average Bonchev–Trinajstić information content (AvgIpc) is 2.39. The zero-order chi connectivity index (χ0) is 14.4. The van der Waals surface area contributed by atoms with Gasteiger partial charge < -0.3 is 14.8 Å². The Labute approximate surface area is 122 Å². The Hall–Kier alpha value is -1.23. The van der Waals surface area contributed by atoms with Crippen molar-refractivity contribution in [2.24, 2.45) is 0 Å². The molecule has 106 valence electrons. The molecule has 0 spiro atoms. The van der Waals surface area contributed by atoms with Crippen LogP contribution in [-0.4, -0.2) is 26.2 Å². The molecule has 0 aliphatic heterocycles. The molecule has 0 aliphatic rings. The van der Waals surface area contributed by atoms with E-state index in [4.69, 9.17) is 9.47 Å². The van der Waals surface area contributed by atoms with E-state index in [0.717, 1.165) is 12.8 Å². The quantitative estimate of drug-likeness (QED) is 0.870. The maximum atomic E-state index is 12.1. The van der Waals surface area contributed by atoms with E-state index in [1.54, 1.807) is 26.4 Å². The third kappa shape index (κ3) is 4.13. The molecule has 0 radical (unpaired) electrons. The van der Waals surface area contributed by atoms with Crippen LogP contribution in [0.1, 0.15) is 37.0 Å². The van der Waals surface area contributed by atoms with Crippen molar-refractivity contribution < 1.29 is 14.3 Å². The molecule has 0 saturated carbocycles. The SMILES string of the molecule is CCC[C@@H](C)NC(=O)c1cc(OC)c(Br)c(OC)c1. The second kappa shape index (κ2) is 7.38. The Morgan fingerprint density at radius 1 is 1.32 bits per heavy atom. The minimum atomic E-state index is -0.120. The number of hydrogen-bond acceptors (Lipinski definition) is 3. The van der Waals surface area contributed by atoms with E-state index in [1.807, 2.05) is 6.92 Å². The third-order valence-electron chi connectivity index (χ3n) is 2.81. The summed E-state index contributed by atoms with van der Waals surface area (Å²) < 4.78 is 11.2. The maximum absolute atomic E-state index is 12.1. The molecule has 1 aromatic rings. The van der Waals surface area contributed by atoms with Gasteiger partial charge in [-0.3, -0.25) is 4.79 Å². The van der Waals surface area contributed by atoms with Crippen LogP contribution in [0, 0.1) is 0 Å². The number of benzene rings is 1. The van der Waals surface area contributed by atoms with E-state index in [9.17, 15) is 4.79 Å². The monoisotopic (exact) mass is 329 g/mol. The lowest BCUT2D eigenvalue weighted by Gasteiger charge is -2.15. The van der Waals surface area contributed by atoms with Crippen LogP contribution in [0.15, 0.2) is 16.6 Å². The van der Waals surface area contributed by atoms with E-state index in [0.29, 0.717) is 21.5 Å². The summed E-state index contributed by atoms with van der Waals surface area (Å²) in [7, 11) is 3.11. The fourth-order valence-electron chi connectivity index (χ4n) is 1.81.